The third kappa shape index (κ3) is 3.92. The van der Waals surface area contributed by atoms with E-state index in [0.29, 0.717) is 11.0 Å². The molecule has 2 aromatic heterocycles. The van der Waals surface area contributed by atoms with Gasteiger partial charge in [0.15, 0.2) is 0 Å². The van der Waals surface area contributed by atoms with Crippen molar-refractivity contribution >= 4 is 40.6 Å². The molecule has 32 heavy (non-hydrogen) atoms. The van der Waals surface area contributed by atoms with E-state index in [1.807, 2.05) is 36.4 Å². The molecule has 1 aliphatic carbocycles. The highest BCUT2D eigenvalue weighted by atomic mass is 35.5. The summed E-state index contributed by atoms with van der Waals surface area (Å²) >= 11 is 18.7. The summed E-state index contributed by atoms with van der Waals surface area (Å²) in [4.78, 5) is 17.2. The topological polar surface area (TPSA) is 77.6 Å². The molecule has 0 amide bonds. The maximum absolute atomic E-state index is 6.27. The smallest absolute Gasteiger partial charge is 0.224 e. The standard InChI is InChI=1S/C24H18Cl3N5/c25-17-11-15(29-23(26)31-17)21-19(13-7-3-1-4-8-13)22(16-12-18(28)32-24(27)30-16)20(21)14-9-5-2-6-10-14/h1-12,19-22H,(H2,28,30,32)/t19-,20-,21-,22-/m1/s1. The molecule has 5 rings (SSSR count). The second-order valence-corrected chi connectivity index (χ2v) is 8.86. The van der Waals surface area contributed by atoms with Crippen molar-refractivity contribution in [1.29, 1.82) is 0 Å². The molecular weight excluding hydrogens is 465 g/mol. The van der Waals surface area contributed by atoms with Crippen molar-refractivity contribution in [1.82, 2.24) is 19.9 Å². The second-order valence-electron chi connectivity index (χ2n) is 7.80. The Bertz CT molecular complexity index is 1110. The molecule has 0 bridgehead atoms. The van der Waals surface area contributed by atoms with Crippen LogP contribution in [-0.2, 0) is 0 Å². The molecule has 0 saturated heterocycles. The predicted octanol–water partition coefficient (Wildman–Crippen LogP) is 6.26. The molecule has 1 fully saturated rings. The SMILES string of the molecule is Nc1cc([C@H]2[C@H](c3ccccc3)[C@H](c3cc(Cl)nc(Cl)n3)[C@H]2c2ccccc2)nc(Cl)n1. The Morgan fingerprint density at radius 1 is 0.562 bits per heavy atom. The Labute approximate surface area is 200 Å². The lowest BCUT2D eigenvalue weighted by molar-refractivity contribution is 0.220. The highest BCUT2D eigenvalue weighted by Gasteiger charge is 2.54. The van der Waals surface area contributed by atoms with Crippen LogP contribution in [0.4, 0.5) is 5.82 Å². The van der Waals surface area contributed by atoms with Gasteiger partial charge in [-0.3, -0.25) is 0 Å². The van der Waals surface area contributed by atoms with Gasteiger partial charge in [-0.05, 0) is 40.4 Å². The number of rotatable bonds is 4. The lowest BCUT2D eigenvalue weighted by Crippen LogP contribution is -2.41. The predicted molar refractivity (Wildman–Crippen MR) is 127 cm³/mol. The minimum Gasteiger partial charge on any atom is -0.384 e. The zero-order valence-corrected chi connectivity index (χ0v) is 19.0. The van der Waals surface area contributed by atoms with Gasteiger partial charge in [0.25, 0.3) is 0 Å². The zero-order chi connectivity index (χ0) is 22.2. The van der Waals surface area contributed by atoms with Crippen LogP contribution in [0.25, 0.3) is 0 Å². The van der Waals surface area contributed by atoms with Crippen LogP contribution in [0.5, 0.6) is 0 Å². The summed E-state index contributed by atoms with van der Waals surface area (Å²) in [5, 5.41) is 0.579. The molecule has 0 spiro atoms. The van der Waals surface area contributed by atoms with E-state index in [-0.39, 0.29) is 34.2 Å². The maximum atomic E-state index is 6.27. The van der Waals surface area contributed by atoms with Gasteiger partial charge in [-0.1, -0.05) is 72.3 Å². The van der Waals surface area contributed by atoms with Crippen LogP contribution in [0, 0.1) is 0 Å². The van der Waals surface area contributed by atoms with Crippen LogP contribution >= 0.6 is 34.8 Å². The maximum Gasteiger partial charge on any atom is 0.224 e. The van der Waals surface area contributed by atoms with Crippen molar-refractivity contribution in [2.45, 2.75) is 23.7 Å². The Kier molecular flexibility index (Phi) is 5.72. The second kappa shape index (κ2) is 8.66. The quantitative estimate of drug-likeness (QED) is 0.274. The van der Waals surface area contributed by atoms with Crippen molar-refractivity contribution in [3.05, 3.63) is 111 Å². The Hall–Kier alpha value is -2.73. The van der Waals surface area contributed by atoms with Crippen LogP contribution in [-0.4, -0.2) is 19.9 Å². The van der Waals surface area contributed by atoms with Gasteiger partial charge in [-0.15, -0.1) is 0 Å². The lowest BCUT2D eigenvalue weighted by atomic mass is 9.50. The number of benzene rings is 2. The van der Waals surface area contributed by atoms with E-state index in [4.69, 9.17) is 40.5 Å². The minimum atomic E-state index is -0.00207. The fraction of sp³-hybridized carbons (Fsp3) is 0.167. The number of halogens is 3. The Morgan fingerprint density at radius 2 is 1.03 bits per heavy atom. The Balaban J connectivity index is 1.72. The van der Waals surface area contributed by atoms with Gasteiger partial charge >= 0.3 is 0 Å². The Morgan fingerprint density at radius 3 is 1.50 bits per heavy atom. The van der Waals surface area contributed by atoms with Crippen LogP contribution < -0.4 is 5.73 Å². The molecule has 8 heteroatoms. The summed E-state index contributed by atoms with van der Waals surface area (Å²) in [5.74, 6) is 0.440. The number of hydrogen-bond acceptors (Lipinski definition) is 5. The molecule has 2 atom stereocenters. The first-order valence-electron chi connectivity index (χ1n) is 10.1. The van der Waals surface area contributed by atoms with Crippen molar-refractivity contribution in [3.8, 4) is 0 Å². The average Bonchev–Trinajstić information content (AvgIpc) is 2.73. The van der Waals surface area contributed by atoms with Crippen molar-refractivity contribution in [2.75, 3.05) is 5.73 Å². The number of nitrogens with zero attached hydrogens (tertiary/aromatic N) is 4. The third-order valence-corrected chi connectivity index (χ3v) is 6.56. The summed E-state index contributed by atoms with van der Waals surface area (Å²) in [6.45, 7) is 0. The fourth-order valence-corrected chi connectivity index (χ4v) is 5.48. The van der Waals surface area contributed by atoms with E-state index < -0.39 is 0 Å². The largest absolute Gasteiger partial charge is 0.384 e. The van der Waals surface area contributed by atoms with Crippen molar-refractivity contribution in [3.63, 3.8) is 0 Å². The number of nitrogen functional groups attached to an aromatic ring is 1. The summed E-state index contributed by atoms with van der Waals surface area (Å²) in [5.41, 5.74) is 9.95. The molecule has 0 unspecified atom stereocenters. The van der Waals surface area contributed by atoms with Gasteiger partial charge in [0.2, 0.25) is 10.6 Å². The van der Waals surface area contributed by atoms with Crippen LogP contribution in [0.15, 0.2) is 72.8 Å². The van der Waals surface area contributed by atoms with Crippen LogP contribution in [0.3, 0.4) is 0 Å². The van der Waals surface area contributed by atoms with Gasteiger partial charge in [-0.2, -0.15) is 0 Å². The third-order valence-electron chi connectivity index (χ3n) is 6.03. The first kappa shape index (κ1) is 21.1. The number of anilines is 1. The monoisotopic (exact) mass is 481 g/mol. The van der Waals surface area contributed by atoms with Gasteiger partial charge in [-0.25, -0.2) is 19.9 Å². The van der Waals surface area contributed by atoms with Gasteiger partial charge in [0.05, 0.1) is 11.4 Å². The molecule has 0 aliphatic heterocycles. The van der Waals surface area contributed by atoms with E-state index >= 15 is 0 Å². The fourth-order valence-electron chi connectivity index (χ4n) is 4.87. The summed E-state index contributed by atoms with van der Waals surface area (Å²) < 4.78 is 0. The summed E-state index contributed by atoms with van der Waals surface area (Å²) in [6.07, 6.45) is 0. The molecule has 2 heterocycles. The molecule has 1 saturated carbocycles. The molecule has 2 N–H and O–H groups in total. The van der Waals surface area contributed by atoms with E-state index in [1.54, 1.807) is 12.1 Å². The molecule has 5 nitrogen and oxygen atoms in total. The van der Waals surface area contributed by atoms with Gasteiger partial charge < -0.3 is 5.73 Å². The number of hydrogen-bond donors (Lipinski definition) is 1. The highest BCUT2D eigenvalue weighted by Crippen LogP contribution is 2.66. The minimum absolute atomic E-state index is 0.000108. The van der Waals surface area contributed by atoms with Gasteiger partial charge in [0.1, 0.15) is 11.0 Å². The molecule has 1 aliphatic rings. The van der Waals surface area contributed by atoms with Crippen LogP contribution in [0.2, 0.25) is 15.7 Å². The van der Waals surface area contributed by atoms with Gasteiger partial charge in [0, 0.05) is 29.7 Å². The van der Waals surface area contributed by atoms with E-state index in [0.717, 1.165) is 22.5 Å². The first-order chi connectivity index (χ1) is 15.5. The highest BCUT2D eigenvalue weighted by molar-refractivity contribution is 6.31. The van der Waals surface area contributed by atoms with E-state index in [1.165, 1.54) is 0 Å². The number of nitrogens with two attached hydrogens (primary N) is 1. The molecule has 0 radical (unpaired) electrons. The molecular formula is C24H18Cl3N5. The van der Waals surface area contributed by atoms with Crippen LogP contribution in [0.1, 0.15) is 46.2 Å². The zero-order valence-electron chi connectivity index (χ0n) is 16.7. The first-order valence-corrected chi connectivity index (χ1v) is 11.2. The summed E-state index contributed by atoms with van der Waals surface area (Å²) in [6, 6.07) is 24.2. The molecule has 2 aromatic carbocycles. The lowest BCUT2D eigenvalue weighted by Gasteiger charge is -2.52. The van der Waals surface area contributed by atoms with Crippen molar-refractivity contribution < 1.29 is 0 Å². The number of aromatic nitrogens is 4. The average molecular weight is 483 g/mol. The summed E-state index contributed by atoms with van der Waals surface area (Å²) in [7, 11) is 0. The molecule has 4 aromatic rings. The normalized spacial score (nSPS) is 22.3. The molecule has 160 valence electrons. The van der Waals surface area contributed by atoms with E-state index in [9.17, 15) is 0 Å². The van der Waals surface area contributed by atoms with E-state index in [2.05, 4.69) is 44.2 Å². The van der Waals surface area contributed by atoms with Crippen molar-refractivity contribution in [2.24, 2.45) is 0 Å².